The maximum atomic E-state index is 11.3. The summed E-state index contributed by atoms with van der Waals surface area (Å²) in [7, 11) is 0. The van der Waals surface area contributed by atoms with Crippen molar-refractivity contribution in [2.45, 2.75) is 92.9 Å². The second-order valence-electron chi connectivity index (χ2n) is 13.1. The monoisotopic (exact) mass is 618 g/mol. The maximum Gasteiger partial charge on any atom is 0.310 e. The molecule has 2 unspecified atom stereocenters. The highest BCUT2D eigenvalue weighted by Crippen LogP contribution is 2.19. The summed E-state index contributed by atoms with van der Waals surface area (Å²) in [6, 6.07) is 23.8. The zero-order chi connectivity index (χ0) is 34.1. The van der Waals surface area contributed by atoms with Gasteiger partial charge in [0.15, 0.2) is 5.78 Å². The summed E-state index contributed by atoms with van der Waals surface area (Å²) in [6.45, 7) is 16.2. The maximum absolute atomic E-state index is 11.3. The van der Waals surface area contributed by atoms with Crippen molar-refractivity contribution in [3.05, 3.63) is 106 Å². The Morgan fingerprint density at radius 2 is 0.822 bits per heavy atom. The number of carbonyl (C=O) groups excluding carboxylic acids is 1. The number of aliphatic hydroxyl groups excluding tert-OH is 1. The highest BCUT2D eigenvalue weighted by molar-refractivity contribution is 5.86. The Labute approximate surface area is 270 Å². The van der Waals surface area contributed by atoms with Gasteiger partial charge in [-0.2, -0.15) is 0 Å². The van der Waals surface area contributed by atoms with Crippen LogP contribution in [0.5, 0.6) is 0 Å². The average Bonchev–Trinajstić information content (AvgIpc) is 2.97. The van der Waals surface area contributed by atoms with Crippen LogP contribution in [0.2, 0.25) is 0 Å². The average molecular weight is 619 g/mol. The predicted octanol–water partition coefficient (Wildman–Crippen LogP) is 8.14. The number of carboxylic acids is 2. The molecule has 2 atom stereocenters. The van der Waals surface area contributed by atoms with Gasteiger partial charge in [-0.25, -0.2) is 0 Å². The summed E-state index contributed by atoms with van der Waals surface area (Å²) in [5.41, 5.74) is 6.55. The van der Waals surface area contributed by atoms with Crippen molar-refractivity contribution in [2.75, 3.05) is 6.61 Å². The van der Waals surface area contributed by atoms with Gasteiger partial charge < -0.3 is 15.3 Å². The molecule has 3 rings (SSSR count). The number of hydrogen-bond donors (Lipinski definition) is 3. The van der Waals surface area contributed by atoms with Crippen molar-refractivity contribution in [1.29, 1.82) is 0 Å². The van der Waals surface area contributed by atoms with Crippen LogP contribution < -0.4 is 0 Å². The molecule has 0 aliphatic rings. The van der Waals surface area contributed by atoms with Crippen LogP contribution in [0.3, 0.4) is 0 Å². The van der Waals surface area contributed by atoms with E-state index in [1.165, 1.54) is 16.7 Å². The van der Waals surface area contributed by atoms with E-state index in [1.807, 2.05) is 67.6 Å². The summed E-state index contributed by atoms with van der Waals surface area (Å²) in [5.74, 6) is -0.392. The molecule has 0 amide bonds. The molecule has 3 N–H and O–H groups in total. The minimum Gasteiger partial charge on any atom is -0.481 e. The molecule has 0 saturated carbocycles. The quantitative estimate of drug-likeness (QED) is 0.178. The van der Waals surface area contributed by atoms with Crippen LogP contribution in [0, 0.1) is 17.8 Å². The fourth-order valence-corrected chi connectivity index (χ4v) is 4.73. The third kappa shape index (κ3) is 16.2. The van der Waals surface area contributed by atoms with Crippen LogP contribution in [0.25, 0.3) is 0 Å². The molecule has 0 saturated heterocycles. The van der Waals surface area contributed by atoms with Gasteiger partial charge in [-0.15, -0.1) is 0 Å². The molecule has 45 heavy (non-hydrogen) atoms. The van der Waals surface area contributed by atoms with Crippen molar-refractivity contribution in [1.82, 2.24) is 0 Å². The van der Waals surface area contributed by atoms with Gasteiger partial charge in [-0.3, -0.25) is 14.4 Å². The van der Waals surface area contributed by atoms with Crippen LogP contribution in [0.4, 0.5) is 0 Å². The van der Waals surface area contributed by atoms with E-state index in [0.29, 0.717) is 17.8 Å². The Hall–Kier alpha value is -3.77. The number of Topliss-reactive ketones (excluding diaryl/α,β-unsaturated/α-hetero) is 1. The predicted molar refractivity (Wildman–Crippen MR) is 183 cm³/mol. The summed E-state index contributed by atoms with van der Waals surface area (Å²) in [5, 5.41) is 26.2. The number of ketones is 1. The molecule has 0 bridgehead atoms. The second-order valence-corrected chi connectivity index (χ2v) is 13.1. The first-order valence-electron chi connectivity index (χ1n) is 16.0. The van der Waals surface area contributed by atoms with Gasteiger partial charge in [0.2, 0.25) is 0 Å². The van der Waals surface area contributed by atoms with Crippen LogP contribution in [-0.2, 0) is 40.1 Å². The number of carboxylic acid groups (broad SMARTS) is 2. The largest absolute Gasteiger partial charge is 0.481 e. The van der Waals surface area contributed by atoms with E-state index >= 15 is 0 Å². The Morgan fingerprint density at radius 1 is 0.511 bits per heavy atom. The van der Waals surface area contributed by atoms with Gasteiger partial charge in [-0.05, 0) is 77.3 Å². The van der Waals surface area contributed by atoms with Crippen molar-refractivity contribution < 1.29 is 29.7 Å². The van der Waals surface area contributed by atoms with Gasteiger partial charge in [0.1, 0.15) is 6.61 Å². The molecule has 0 aliphatic heterocycles. The number of carbonyl (C=O) groups is 3. The normalized spacial score (nSPS) is 12.1. The summed E-state index contributed by atoms with van der Waals surface area (Å²) in [6.07, 6.45) is 3.26. The van der Waals surface area contributed by atoms with Gasteiger partial charge in [-0.1, -0.05) is 121 Å². The SMILES string of the molecule is CC(C)Cc1ccc(C(C)C(=O)CO)cc1.CC(C)Cc1ccc(C(C)C(=O)O)cc1.CC(C)Cc1ccc(CC(=O)O)cc1. The molecule has 0 heterocycles. The van der Waals surface area contributed by atoms with Crippen molar-refractivity contribution in [3.63, 3.8) is 0 Å². The Morgan fingerprint density at radius 3 is 1.11 bits per heavy atom. The third-order valence-corrected chi connectivity index (χ3v) is 7.28. The highest BCUT2D eigenvalue weighted by Gasteiger charge is 2.14. The minimum atomic E-state index is -0.776. The molecule has 0 aliphatic carbocycles. The van der Waals surface area contributed by atoms with E-state index < -0.39 is 17.9 Å². The molecule has 0 radical (unpaired) electrons. The van der Waals surface area contributed by atoms with Crippen LogP contribution in [-0.4, -0.2) is 39.6 Å². The summed E-state index contributed by atoms with van der Waals surface area (Å²) >= 11 is 0. The molecule has 6 heteroatoms. The Kier molecular flexibility index (Phi) is 17.7. The summed E-state index contributed by atoms with van der Waals surface area (Å²) < 4.78 is 0. The molecule has 3 aromatic rings. The fourth-order valence-electron chi connectivity index (χ4n) is 4.73. The molecule has 246 valence electrons. The van der Waals surface area contributed by atoms with Crippen LogP contribution in [0.15, 0.2) is 72.8 Å². The van der Waals surface area contributed by atoms with Crippen LogP contribution in [0.1, 0.15) is 101 Å². The zero-order valence-electron chi connectivity index (χ0n) is 28.4. The van der Waals surface area contributed by atoms with E-state index in [1.54, 1.807) is 6.92 Å². The van der Waals surface area contributed by atoms with Gasteiger partial charge in [0.25, 0.3) is 0 Å². The first-order chi connectivity index (χ1) is 21.1. The molecule has 6 nitrogen and oxygen atoms in total. The highest BCUT2D eigenvalue weighted by atomic mass is 16.4. The van der Waals surface area contributed by atoms with Crippen molar-refractivity contribution in [3.8, 4) is 0 Å². The third-order valence-electron chi connectivity index (χ3n) is 7.28. The molecule has 0 aromatic heterocycles. The minimum absolute atomic E-state index is 0.113. The van der Waals surface area contributed by atoms with E-state index in [2.05, 4.69) is 53.7 Å². The van der Waals surface area contributed by atoms with E-state index in [0.717, 1.165) is 36.0 Å². The lowest BCUT2D eigenvalue weighted by atomic mass is 9.94. The van der Waals surface area contributed by atoms with Gasteiger partial charge >= 0.3 is 11.9 Å². The van der Waals surface area contributed by atoms with Crippen molar-refractivity contribution in [2.24, 2.45) is 17.8 Å². The number of aliphatic carboxylic acids is 2. The van der Waals surface area contributed by atoms with Gasteiger partial charge in [0.05, 0.1) is 12.3 Å². The first-order valence-corrected chi connectivity index (χ1v) is 16.0. The molecular weight excluding hydrogens is 564 g/mol. The number of aliphatic hydroxyl groups is 1. The Bertz CT molecular complexity index is 1290. The lowest BCUT2D eigenvalue weighted by Gasteiger charge is -2.10. The summed E-state index contributed by atoms with van der Waals surface area (Å²) in [4.78, 5) is 32.5. The van der Waals surface area contributed by atoms with Gasteiger partial charge in [0, 0.05) is 5.92 Å². The number of hydrogen-bond acceptors (Lipinski definition) is 4. The smallest absolute Gasteiger partial charge is 0.310 e. The molecule has 0 fully saturated rings. The Balaban J connectivity index is 0.000000338. The molecule has 3 aromatic carbocycles. The second kappa shape index (κ2) is 20.3. The standard InChI is InChI=1S/C14H20O2.C13H18O2.C12H16O2/c1-10(2)8-12-4-6-13(7-5-12)11(3)14(16)9-15;1-9(2)8-11-4-6-12(7-5-11)10(3)13(14)15;1-9(2)7-10-3-5-11(6-4-10)8-12(13)14/h4-7,10-11,15H,8-9H2,1-3H3;4-7,9-10H,8H2,1-3H3,(H,14,15);3-6,9H,7-8H2,1-2H3,(H,13,14). The fraction of sp³-hybridized carbons (Fsp3) is 0.462. The first kappa shape index (κ1) is 39.3. The molecule has 0 spiro atoms. The number of benzene rings is 3. The lowest BCUT2D eigenvalue weighted by Crippen LogP contribution is -2.13. The van der Waals surface area contributed by atoms with E-state index in [4.69, 9.17) is 15.3 Å². The number of rotatable bonds is 13. The lowest BCUT2D eigenvalue weighted by molar-refractivity contribution is -0.138. The molecular formula is C39H54O6. The van der Waals surface area contributed by atoms with Crippen LogP contribution >= 0.6 is 0 Å². The van der Waals surface area contributed by atoms with Crippen molar-refractivity contribution >= 4 is 17.7 Å². The topological polar surface area (TPSA) is 112 Å². The van der Waals surface area contributed by atoms with E-state index in [-0.39, 0.29) is 24.7 Å². The zero-order valence-corrected chi connectivity index (χ0v) is 28.4. The van der Waals surface area contributed by atoms with E-state index in [9.17, 15) is 14.4 Å².